The molecule has 5 rings (SSSR count). The van der Waals surface area contributed by atoms with Gasteiger partial charge in [0, 0.05) is 23.7 Å². The van der Waals surface area contributed by atoms with Gasteiger partial charge >= 0.3 is 0 Å². The van der Waals surface area contributed by atoms with Crippen LogP contribution in [0.2, 0.25) is 0 Å². The number of hydrogen-bond acceptors (Lipinski definition) is 5. The van der Waals surface area contributed by atoms with Gasteiger partial charge in [-0.1, -0.05) is 30.3 Å². The van der Waals surface area contributed by atoms with Gasteiger partial charge in [0.15, 0.2) is 0 Å². The number of halogens is 2. The lowest BCUT2D eigenvalue weighted by atomic mass is 10.0. The van der Waals surface area contributed by atoms with E-state index in [9.17, 15) is 13.6 Å². The van der Waals surface area contributed by atoms with E-state index in [0.717, 1.165) is 28.2 Å². The molecule has 1 aromatic carbocycles. The van der Waals surface area contributed by atoms with Gasteiger partial charge in [-0.05, 0) is 31.0 Å². The summed E-state index contributed by atoms with van der Waals surface area (Å²) < 4.78 is 28.9. The largest absolute Gasteiger partial charge is 0.360 e. The highest BCUT2D eigenvalue weighted by molar-refractivity contribution is 7.21. The molecular formula is C22H19F2N5OS. The summed E-state index contributed by atoms with van der Waals surface area (Å²) in [6.07, 6.45) is -1.28. The van der Waals surface area contributed by atoms with Crippen molar-refractivity contribution in [3.8, 4) is 11.1 Å². The molecule has 2 N–H and O–H groups in total. The minimum absolute atomic E-state index is 0.261. The molecule has 6 nitrogen and oxygen atoms in total. The zero-order valence-electron chi connectivity index (χ0n) is 16.8. The first kappa shape index (κ1) is 19.6. The van der Waals surface area contributed by atoms with Crippen LogP contribution in [0, 0.1) is 6.92 Å². The number of amides is 1. The summed E-state index contributed by atoms with van der Waals surface area (Å²) in [5, 5.41) is 11.5. The summed E-state index contributed by atoms with van der Waals surface area (Å²) in [5.74, 6) is -0.261. The van der Waals surface area contributed by atoms with Crippen LogP contribution in [0.25, 0.3) is 21.3 Å². The lowest BCUT2D eigenvalue weighted by Gasteiger charge is -2.26. The smallest absolute Gasteiger partial charge is 0.280 e. The van der Waals surface area contributed by atoms with Crippen LogP contribution in [0.15, 0.2) is 42.6 Å². The number of nitrogens with zero attached hydrogens (tertiary/aromatic N) is 3. The van der Waals surface area contributed by atoms with Crippen LogP contribution in [0.1, 0.15) is 46.1 Å². The molecule has 9 heteroatoms. The van der Waals surface area contributed by atoms with Gasteiger partial charge in [0.05, 0.1) is 11.4 Å². The second-order valence-electron chi connectivity index (χ2n) is 7.32. The molecular weight excluding hydrogens is 420 g/mol. The van der Waals surface area contributed by atoms with Crippen LogP contribution in [0.5, 0.6) is 0 Å². The second-order valence-corrected chi connectivity index (χ2v) is 8.32. The predicted molar refractivity (Wildman–Crippen MR) is 116 cm³/mol. The molecule has 1 aliphatic heterocycles. The molecule has 31 heavy (non-hydrogen) atoms. The third kappa shape index (κ3) is 3.25. The number of aromatic nitrogens is 3. The number of benzene rings is 1. The topological polar surface area (TPSA) is 71.8 Å². The Balaban J connectivity index is 1.71. The highest BCUT2D eigenvalue weighted by atomic mass is 32.1. The first-order valence-electron chi connectivity index (χ1n) is 9.88. The normalized spacial score (nSPS) is 15.8. The molecule has 3 aromatic heterocycles. The number of pyridine rings is 1. The van der Waals surface area contributed by atoms with Crippen molar-refractivity contribution in [1.82, 2.24) is 20.1 Å². The van der Waals surface area contributed by atoms with E-state index in [4.69, 9.17) is 0 Å². The number of alkyl halides is 2. The first-order valence-corrected chi connectivity index (χ1v) is 10.7. The van der Waals surface area contributed by atoms with Crippen molar-refractivity contribution in [1.29, 1.82) is 0 Å². The van der Waals surface area contributed by atoms with Gasteiger partial charge in [0.1, 0.15) is 21.6 Å². The Morgan fingerprint density at radius 2 is 2.00 bits per heavy atom. The molecule has 0 unspecified atom stereocenters. The van der Waals surface area contributed by atoms with Crippen LogP contribution < -0.4 is 10.6 Å². The van der Waals surface area contributed by atoms with E-state index in [1.54, 1.807) is 0 Å². The fourth-order valence-electron chi connectivity index (χ4n) is 3.88. The van der Waals surface area contributed by atoms with Gasteiger partial charge in [0.2, 0.25) is 0 Å². The first-order chi connectivity index (χ1) is 15.0. The Hall–Kier alpha value is -3.33. The van der Waals surface area contributed by atoms with Gasteiger partial charge in [-0.3, -0.25) is 9.48 Å². The van der Waals surface area contributed by atoms with Crippen LogP contribution in [-0.2, 0) is 6.54 Å². The predicted octanol–water partition coefficient (Wildman–Crippen LogP) is 5.28. The van der Waals surface area contributed by atoms with Crippen molar-refractivity contribution in [2.24, 2.45) is 0 Å². The van der Waals surface area contributed by atoms with Gasteiger partial charge in [-0.25, -0.2) is 13.8 Å². The minimum atomic E-state index is -2.71. The van der Waals surface area contributed by atoms with E-state index in [1.807, 2.05) is 55.1 Å². The quantitative estimate of drug-likeness (QED) is 0.454. The van der Waals surface area contributed by atoms with Gasteiger partial charge < -0.3 is 10.6 Å². The number of aryl methyl sites for hydroxylation is 2. The fourth-order valence-corrected chi connectivity index (χ4v) is 4.96. The maximum Gasteiger partial charge on any atom is 0.280 e. The number of carbonyl (C=O) groups is 1. The van der Waals surface area contributed by atoms with Crippen LogP contribution in [-0.4, -0.2) is 20.7 Å². The van der Waals surface area contributed by atoms with Crippen molar-refractivity contribution in [3.63, 3.8) is 0 Å². The zero-order chi connectivity index (χ0) is 21.7. The number of hydrogen-bond donors (Lipinski definition) is 2. The molecule has 1 aliphatic rings. The summed E-state index contributed by atoms with van der Waals surface area (Å²) in [7, 11) is 0. The number of rotatable bonds is 4. The van der Waals surface area contributed by atoms with Crippen LogP contribution >= 0.6 is 11.3 Å². The van der Waals surface area contributed by atoms with E-state index < -0.39 is 12.6 Å². The molecule has 0 saturated carbocycles. The molecule has 0 fully saturated rings. The molecule has 0 radical (unpaired) electrons. The van der Waals surface area contributed by atoms with E-state index in [0.29, 0.717) is 32.9 Å². The van der Waals surface area contributed by atoms with E-state index in [2.05, 4.69) is 20.7 Å². The average molecular weight is 439 g/mol. The van der Waals surface area contributed by atoms with E-state index >= 15 is 0 Å². The Morgan fingerprint density at radius 1 is 1.23 bits per heavy atom. The van der Waals surface area contributed by atoms with Crippen molar-refractivity contribution >= 4 is 33.1 Å². The molecule has 1 amide bonds. The molecule has 0 saturated heterocycles. The summed E-state index contributed by atoms with van der Waals surface area (Å²) in [6.45, 7) is 4.60. The van der Waals surface area contributed by atoms with Crippen LogP contribution in [0.3, 0.4) is 0 Å². The summed E-state index contributed by atoms with van der Waals surface area (Å²) >= 11 is 1.12. The second kappa shape index (κ2) is 7.42. The Morgan fingerprint density at radius 3 is 2.68 bits per heavy atom. The fraction of sp³-hybridized carbons (Fsp3) is 0.227. The highest BCUT2D eigenvalue weighted by Crippen LogP contribution is 2.45. The molecule has 0 spiro atoms. The number of thiophene rings is 1. The van der Waals surface area contributed by atoms with E-state index in [-0.39, 0.29) is 11.6 Å². The third-order valence-electron chi connectivity index (χ3n) is 5.38. The standard InChI is InChI=1S/C22H19F2N5OS/c1-3-29-10-14(11(2)28-29)20-26-17-16-13(12-7-5-4-6-8-12)9-15(19(23)24)25-22(16)31-18(17)21(30)27-20/h4-10,19-20,26H,3H2,1-2H3,(H,27,30)/t20-/m0/s1. The number of nitrogens with one attached hydrogen (secondary N) is 2. The molecule has 0 bridgehead atoms. The third-order valence-corrected chi connectivity index (χ3v) is 6.46. The molecule has 0 aliphatic carbocycles. The van der Waals surface area contributed by atoms with Gasteiger partial charge in [0.25, 0.3) is 12.3 Å². The van der Waals surface area contributed by atoms with Gasteiger partial charge in [-0.15, -0.1) is 11.3 Å². The molecule has 1 atom stereocenters. The molecule has 4 heterocycles. The van der Waals surface area contributed by atoms with E-state index in [1.165, 1.54) is 6.07 Å². The minimum Gasteiger partial charge on any atom is -0.360 e. The van der Waals surface area contributed by atoms with Crippen molar-refractivity contribution < 1.29 is 13.6 Å². The van der Waals surface area contributed by atoms with Crippen LogP contribution in [0.4, 0.5) is 14.5 Å². The maximum absolute atomic E-state index is 13.6. The maximum atomic E-state index is 13.6. The zero-order valence-corrected chi connectivity index (χ0v) is 17.6. The Kier molecular flexibility index (Phi) is 4.70. The van der Waals surface area contributed by atoms with Crippen molar-refractivity contribution in [2.45, 2.75) is 33.0 Å². The Labute approximate surface area is 180 Å². The number of anilines is 1. The number of carbonyl (C=O) groups excluding carboxylic acids is 1. The highest BCUT2D eigenvalue weighted by Gasteiger charge is 2.32. The summed E-state index contributed by atoms with van der Waals surface area (Å²) in [4.78, 5) is 18.0. The van der Waals surface area contributed by atoms with Crippen molar-refractivity contribution in [3.05, 3.63) is 64.4 Å². The summed E-state index contributed by atoms with van der Waals surface area (Å²) in [5.41, 5.74) is 3.39. The molecule has 4 aromatic rings. The number of fused-ring (bicyclic) bond motifs is 3. The lowest BCUT2D eigenvalue weighted by molar-refractivity contribution is 0.0940. The lowest BCUT2D eigenvalue weighted by Crippen LogP contribution is -2.37. The monoisotopic (exact) mass is 439 g/mol. The average Bonchev–Trinajstić information content (AvgIpc) is 3.34. The summed E-state index contributed by atoms with van der Waals surface area (Å²) in [6, 6.07) is 10.7. The molecule has 158 valence electrons. The van der Waals surface area contributed by atoms with Gasteiger partial charge in [-0.2, -0.15) is 5.10 Å². The SMILES string of the molecule is CCn1cc([C@@H]2NC(=O)c3sc4nc(C(F)F)cc(-c5ccccc5)c4c3N2)c(C)n1. The Bertz CT molecular complexity index is 1300. The van der Waals surface area contributed by atoms with Crippen molar-refractivity contribution in [2.75, 3.05) is 5.32 Å².